The topological polar surface area (TPSA) is 129 Å². The van der Waals surface area contributed by atoms with Crippen molar-refractivity contribution in [1.82, 2.24) is 39.9 Å². The van der Waals surface area contributed by atoms with Crippen LogP contribution in [0.5, 0.6) is 0 Å². The Balaban J connectivity index is 0.000000270. The lowest BCUT2D eigenvalue weighted by Gasteiger charge is -1.89. The zero-order valence-electron chi connectivity index (χ0n) is 28.7. The lowest BCUT2D eigenvalue weighted by molar-refractivity contribution is 0.494. The zero-order chi connectivity index (χ0) is 33.8. The molecule has 10 nitrogen and oxygen atoms in total. The molecule has 45 heavy (non-hydrogen) atoms. The van der Waals surface area contributed by atoms with Crippen LogP contribution in [0.3, 0.4) is 0 Å². The highest BCUT2D eigenvalue weighted by molar-refractivity contribution is 7.11. The van der Waals surface area contributed by atoms with Crippen molar-refractivity contribution < 1.29 is 4.42 Å². The Morgan fingerprint density at radius 1 is 0.622 bits per heavy atom. The summed E-state index contributed by atoms with van der Waals surface area (Å²) in [4.78, 5) is 37.2. The second-order valence-corrected chi connectivity index (χ2v) is 11.8. The second-order valence-electron chi connectivity index (χ2n) is 10.4. The molecule has 0 aromatic carbocycles. The number of thiazole rings is 1. The Kier molecular flexibility index (Phi) is 18.2. The van der Waals surface area contributed by atoms with Crippen LogP contribution in [0.15, 0.2) is 70.6 Å². The first-order valence-corrected chi connectivity index (χ1v) is 15.3. The van der Waals surface area contributed by atoms with Crippen LogP contribution < -0.4 is 0 Å². The van der Waals surface area contributed by atoms with E-state index in [1.54, 1.807) is 36.1 Å². The van der Waals surface area contributed by atoms with Crippen molar-refractivity contribution in [3.63, 3.8) is 0 Å². The number of allylic oxidation sites excluding steroid dienone is 1. The zero-order valence-corrected chi connectivity index (χ0v) is 29.6. The molecule has 0 bridgehead atoms. The predicted molar refractivity (Wildman–Crippen MR) is 184 cm³/mol. The minimum absolute atomic E-state index is 0.734. The van der Waals surface area contributed by atoms with Gasteiger partial charge in [-0.2, -0.15) is 0 Å². The number of rotatable bonds is 0. The van der Waals surface area contributed by atoms with E-state index in [1.807, 2.05) is 100 Å². The fourth-order valence-corrected chi connectivity index (χ4v) is 3.95. The molecule has 5 aromatic heterocycles. The van der Waals surface area contributed by atoms with Crippen LogP contribution in [-0.4, -0.2) is 45.6 Å². The standard InChI is InChI=1S/3C6H8N2.C6H9N.C5H7NO.C5H7NS/c1-5-3-7-4-6(2)8-5;1-5-3-7-6(2)8-4-5;1-5-3-4-7-6(2)8-5;1-5-3-6(2)7-4-5;2*1-4-3-6-5(2)7-4/h3*3-4H,1-2H3;4H,3H2,1-2H3;2*3H,1-2H3. The first-order chi connectivity index (χ1) is 21.2. The van der Waals surface area contributed by atoms with Gasteiger partial charge in [0.1, 0.15) is 17.4 Å². The van der Waals surface area contributed by atoms with Gasteiger partial charge in [-0.05, 0) is 93.4 Å². The molecule has 0 unspecified atom stereocenters. The van der Waals surface area contributed by atoms with Crippen molar-refractivity contribution >= 4 is 17.0 Å². The van der Waals surface area contributed by atoms with Gasteiger partial charge in [0.25, 0.3) is 0 Å². The van der Waals surface area contributed by atoms with E-state index in [9.17, 15) is 0 Å². The summed E-state index contributed by atoms with van der Waals surface area (Å²) in [5, 5.41) is 1.15. The van der Waals surface area contributed by atoms with Gasteiger partial charge in [-0.25, -0.2) is 29.9 Å². The van der Waals surface area contributed by atoms with Gasteiger partial charge in [0.15, 0.2) is 5.89 Å². The molecule has 0 fully saturated rings. The smallest absolute Gasteiger partial charge is 0.191 e. The van der Waals surface area contributed by atoms with E-state index in [4.69, 9.17) is 4.42 Å². The number of nitrogens with zero attached hydrogens (tertiary/aromatic N) is 9. The summed E-state index contributed by atoms with van der Waals surface area (Å²) in [6, 6.07) is 1.88. The molecule has 0 N–H and O–H groups in total. The van der Waals surface area contributed by atoms with E-state index in [1.165, 1.54) is 16.2 Å². The highest BCUT2D eigenvalue weighted by atomic mass is 32.1. The summed E-state index contributed by atoms with van der Waals surface area (Å²) in [6.07, 6.45) is 15.5. The number of hydrogen-bond donors (Lipinski definition) is 0. The maximum absolute atomic E-state index is 4.97. The third kappa shape index (κ3) is 20.1. The molecule has 0 radical (unpaired) electrons. The normalized spacial score (nSPS) is 10.8. The molecule has 0 saturated heterocycles. The quantitative estimate of drug-likeness (QED) is 0.167. The minimum Gasteiger partial charge on any atom is -0.446 e. The summed E-state index contributed by atoms with van der Waals surface area (Å²) >= 11 is 1.73. The van der Waals surface area contributed by atoms with Gasteiger partial charge in [0.2, 0.25) is 0 Å². The van der Waals surface area contributed by atoms with Crippen molar-refractivity contribution in [1.29, 1.82) is 0 Å². The van der Waals surface area contributed by atoms with Gasteiger partial charge in [-0.15, -0.1) is 11.3 Å². The molecule has 0 saturated carbocycles. The molecule has 0 aliphatic carbocycles. The summed E-state index contributed by atoms with van der Waals surface area (Å²) in [6.45, 7) is 23.5. The lowest BCUT2D eigenvalue weighted by Crippen LogP contribution is -1.86. The highest BCUT2D eigenvalue weighted by Gasteiger charge is 1.97. The van der Waals surface area contributed by atoms with E-state index in [-0.39, 0.29) is 0 Å². The van der Waals surface area contributed by atoms with Crippen LogP contribution in [0.4, 0.5) is 0 Å². The average Bonchev–Trinajstić information content (AvgIpc) is 3.67. The number of aryl methyl sites for hydroxylation is 10. The predicted octanol–water partition coefficient (Wildman–Crippen LogP) is 8.09. The van der Waals surface area contributed by atoms with Crippen molar-refractivity contribution in [2.75, 3.05) is 0 Å². The molecule has 0 spiro atoms. The molecular weight excluding hydrogens is 583 g/mol. The summed E-state index contributed by atoms with van der Waals surface area (Å²) in [5.41, 5.74) is 6.69. The van der Waals surface area contributed by atoms with Gasteiger partial charge in [0, 0.05) is 73.0 Å². The molecule has 240 valence electrons. The lowest BCUT2D eigenvalue weighted by atomic mass is 10.2. The third-order valence-electron chi connectivity index (χ3n) is 5.21. The van der Waals surface area contributed by atoms with Crippen LogP contribution in [0, 0.1) is 69.2 Å². The van der Waals surface area contributed by atoms with Gasteiger partial charge in [-0.3, -0.25) is 15.0 Å². The van der Waals surface area contributed by atoms with Crippen LogP contribution in [0.2, 0.25) is 0 Å². The van der Waals surface area contributed by atoms with Crippen molar-refractivity contribution in [3.8, 4) is 0 Å². The Morgan fingerprint density at radius 2 is 1.27 bits per heavy atom. The maximum Gasteiger partial charge on any atom is 0.191 e. The van der Waals surface area contributed by atoms with Gasteiger partial charge < -0.3 is 4.42 Å². The van der Waals surface area contributed by atoms with Crippen molar-refractivity contribution in [2.24, 2.45) is 4.99 Å². The highest BCUT2D eigenvalue weighted by Crippen LogP contribution is 2.09. The van der Waals surface area contributed by atoms with E-state index in [0.29, 0.717) is 0 Å². The molecule has 0 amide bonds. The summed E-state index contributed by atoms with van der Waals surface area (Å²) < 4.78 is 4.97. The number of hydrogen-bond acceptors (Lipinski definition) is 11. The van der Waals surface area contributed by atoms with E-state index in [2.05, 4.69) is 58.7 Å². The fourth-order valence-electron chi connectivity index (χ4n) is 3.27. The average molecular weight is 630 g/mol. The van der Waals surface area contributed by atoms with Crippen LogP contribution in [0.25, 0.3) is 0 Å². The first-order valence-electron chi connectivity index (χ1n) is 14.5. The van der Waals surface area contributed by atoms with E-state index in [0.717, 1.165) is 57.4 Å². The molecule has 1 aliphatic rings. The molecular formula is C34H47N9OS. The van der Waals surface area contributed by atoms with Crippen molar-refractivity contribution in [3.05, 3.63) is 117 Å². The molecule has 0 atom stereocenters. The van der Waals surface area contributed by atoms with Crippen molar-refractivity contribution in [2.45, 2.75) is 89.5 Å². The van der Waals surface area contributed by atoms with Gasteiger partial charge >= 0.3 is 0 Å². The molecule has 5 aromatic rings. The second kappa shape index (κ2) is 21.2. The Labute approximate surface area is 272 Å². The maximum atomic E-state index is 4.97. The third-order valence-corrected chi connectivity index (χ3v) is 6.04. The van der Waals surface area contributed by atoms with Gasteiger partial charge in [-0.1, -0.05) is 0 Å². The monoisotopic (exact) mass is 629 g/mol. The van der Waals surface area contributed by atoms with E-state index < -0.39 is 0 Å². The SMILES string of the molecule is CC1=CN=C(C)C1.Cc1ccnc(C)n1.Cc1cnc(C)nc1.Cc1cnc(C)o1.Cc1cnc(C)s1.Cc1cncc(C)n1. The molecule has 6 rings (SSSR count). The van der Waals surface area contributed by atoms with E-state index >= 15 is 0 Å². The Hall–Kier alpha value is -4.51. The number of aliphatic imine (C=N–C) groups is 1. The summed E-state index contributed by atoms with van der Waals surface area (Å²) in [5.74, 6) is 3.27. The Morgan fingerprint density at radius 3 is 1.51 bits per heavy atom. The fraction of sp³-hybridized carbons (Fsp3) is 0.382. The molecule has 11 heteroatoms. The largest absolute Gasteiger partial charge is 0.446 e. The number of oxazole rings is 1. The Bertz CT molecular complexity index is 1420. The van der Waals surface area contributed by atoms with Crippen LogP contribution in [0.1, 0.15) is 76.1 Å². The van der Waals surface area contributed by atoms with Crippen LogP contribution >= 0.6 is 11.3 Å². The number of aromatic nitrogens is 8. The minimum atomic E-state index is 0.734. The summed E-state index contributed by atoms with van der Waals surface area (Å²) in [7, 11) is 0. The van der Waals surface area contributed by atoms with Crippen LogP contribution in [-0.2, 0) is 0 Å². The first kappa shape index (κ1) is 38.5. The van der Waals surface area contributed by atoms with Gasteiger partial charge in [0.05, 0.1) is 22.6 Å². The molecule has 1 aliphatic heterocycles. The molecule has 6 heterocycles.